The van der Waals surface area contributed by atoms with Crippen LogP contribution in [0.5, 0.6) is 0 Å². The van der Waals surface area contributed by atoms with Gasteiger partial charge in [-0.2, -0.15) is 5.26 Å². The third kappa shape index (κ3) is 6.09. The van der Waals surface area contributed by atoms with E-state index in [1.807, 2.05) is 24.3 Å². The Balaban J connectivity index is 2.61. The molecule has 2 rings (SSSR count). The van der Waals surface area contributed by atoms with Crippen LogP contribution in [-0.4, -0.2) is 16.0 Å². The highest BCUT2D eigenvalue weighted by Crippen LogP contribution is 2.35. The molecule has 0 amide bonds. The van der Waals surface area contributed by atoms with Crippen LogP contribution in [0.15, 0.2) is 52.8 Å². The highest BCUT2D eigenvalue weighted by molar-refractivity contribution is 7.06. The SMILES string of the molecule is CC(C)c1cccc(C(C)C)c1N=[Si](Cl)/C=C(/c1ccc(C#N)cc1)[Si](C)(C)C. The molecule has 0 radical (unpaired) electrons. The number of nitriles is 1. The van der Waals surface area contributed by atoms with Crippen molar-refractivity contribution in [1.82, 2.24) is 0 Å². The van der Waals surface area contributed by atoms with Crippen molar-refractivity contribution in [3.8, 4) is 6.07 Å². The van der Waals surface area contributed by atoms with Crippen molar-refractivity contribution in [2.75, 3.05) is 0 Å². The molecule has 0 aliphatic rings. The lowest BCUT2D eigenvalue weighted by Crippen LogP contribution is -2.23. The Kier molecular flexibility index (Phi) is 7.93. The summed E-state index contributed by atoms with van der Waals surface area (Å²) in [4.78, 5) is 0. The smallest absolute Gasteiger partial charge is 0.262 e. The maximum atomic E-state index is 9.09. The molecule has 5 heteroatoms. The molecule has 0 atom stereocenters. The minimum atomic E-state index is -1.65. The molecule has 0 saturated carbocycles. The summed E-state index contributed by atoms with van der Waals surface area (Å²) in [7, 11) is -3.24. The Morgan fingerprint density at radius 1 is 1.00 bits per heavy atom. The zero-order chi connectivity index (χ0) is 21.8. The Labute approximate surface area is 183 Å². The first kappa shape index (κ1) is 23.5. The van der Waals surface area contributed by atoms with Crippen LogP contribution in [0.25, 0.3) is 5.20 Å². The molecular weight excluding hydrogens is 408 g/mol. The van der Waals surface area contributed by atoms with Gasteiger partial charge in [0.25, 0.3) is 7.90 Å². The minimum absolute atomic E-state index is 0.401. The first-order valence-electron chi connectivity index (χ1n) is 10.1. The van der Waals surface area contributed by atoms with E-state index >= 15 is 0 Å². The van der Waals surface area contributed by atoms with Crippen molar-refractivity contribution >= 4 is 37.9 Å². The van der Waals surface area contributed by atoms with Gasteiger partial charge in [0.15, 0.2) is 0 Å². The number of halogens is 1. The van der Waals surface area contributed by atoms with E-state index in [0.29, 0.717) is 17.4 Å². The molecule has 0 saturated heterocycles. The van der Waals surface area contributed by atoms with Crippen LogP contribution >= 0.6 is 11.1 Å². The van der Waals surface area contributed by atoms with Gasteiger partial charge in [-0.05, 0) is 46.4 Å². The molecule has 0 spiro atoms. The van der Waals surface area contributed by atoms with Crippen LogP contribution in [0.4, 0.5) is 5.69 Å². The average molecular weight is 439 g/mol. The van der Waals surface area contributed by atoms with Crippen LogP contribution in [0.2, 0.25) is 19.6 Å². The molecule has 0 aliphatic heterocycles. The zero-order valence-corrected chi connectivity index (χ0v) is 21.3. The standard InChI is InChI=1S/C24H31ClN2Si2/c1-17(2)21-9-8-10-22(18(3)4)24(21)27-28(25)16-23(29(5,6)7)20-13-11-19(15-26)12-14-20/h8-14,16-18H,1-7H3/b23-16-,28-27?. The molecule has 0 fully saturated rings. The molecule has 0 aliphatic carbocycles. The summed E-state index contributed by atoms with van der Waals surface area (Å²) in [6.07, 6.45) is 0. The third-order valence-electron chi connectivity index (χ3n) is 4.96. The number of rotatable bonds is 6. The van der Waals surface area contributed by atoms with Crippen LogP contribution in [0, 0.1) is 11.3 Å². The van der Waals surface area contributed by atoms with Crippen LogP contribution in [-0.2, 0) is 0 Å². The molecule has 29 heavy (non-hydrogen) atoms. The zero-order valence-electron chi connectivity index (χ0n) is 18.5. The predicted molar refractivity (Wildman–Crippen MR) is 131 cm³/mol. The third-order valence-corrected chi connectivity index (χ3v) is 8.84. The van der Waals surface area contributed by atoms with Gasteiger partial charge in [-0.3, -0.25) is 4.63 Å². The first-order valence-corrected chi connectivity index (χ1v) is 16.2. The van der Waals surface area contributed by atoms with E-state index in [2.05, 4.69) is 77.3 Å². The van der Waals surface area contributed by atoms with E-state index in [9.17, 15) is 0 Å². The Morgan fingerprint density at radius 3 is 1.93 bits per heavy atom. The second-order valence-electron chi connectivity index (χ2n) is 9.03. The summed E-state index contributed by atoms with van der Waals surface area (Å²) in [5.41, 5.74) is 7.65. The number of benzene rings is 2. The fourth-order valence-corrected chi connectivity index (χ4v) is 8.33. The van der Waals surface area contributed by atoms with Gasteiger partial charge >= 0.3 is 0 Å². The van der Waals surface area contributed by atoms with Gasteiger partial charge in [-0.15, -0.1) is 11.1 Å². The van der Waals surface area contributed by atoms with Crippen molar-refractivity contribution in [2.45, 2.75) is 59.2 Å². The Hall–Kier alpha value is -1.81. The lowest BCUT2D eigenvalue weighted by molar-refractivity contribution is 0.835. The fraction of sp³-hybridized carbons (Fsp3) is 0.375. The lowest BCUT2D eigenvalue weighted by Gasteiger charge is -2.22. The van der Waals surface area contributed by atoms with E-state index in [1.54, 1.807) is 0 Å². The highest BCUT2D eigenvalue weighted by atomic mass is 35.6. The van der Waals surface area contributed by atoms with Gasteiger partial charge in [0.2, 0.25) is 0 Å². The summed E-state index contributed by atoms with van der Waals surface area (Å²) < 4.78 is 5.07. The van der Waals surface area contributed by atoms with Crippen LogP contribution < -0.4 is 0 Å². The van der Waals surface area contributed by atoms with E-state index < -0.39 is 16.0 Å². The van der Waals surface area contributed by atoms with Crippen molar-refractivity contribution in [1.29, 1.82) is 5.26 Å². The summed E-state index contributed by atoms with van der Waals surface area (Å²) in [6, 6.07) is 16.5. The summed E-state index contributed by atoms with van der Waals surface area (Å²) in [6.45, 7) is 15.8. The molecule has 2 aromatic rings. The van der Waals surface area contributed by atoms with E-state index in [0.717, 1.165) is 11.3 Å². The van der Waals surface area contributed by atoms with Gasteiger partial charge < -0.3 is 0 Å². The maximum absolute atomic E-state index is 9.09. The molecule has 0 aromatic heterocycles. The van der Waals surface area contributed by atoms with Crippen molar-refractivity contribution in [3.63, 3.8) is 0 Å². The minimum Gasteiger partial charge on any atom is -0.278 e. The largest absolute Gasteiger partial charge is 0.278 e. The molecule has 0 N–H and O–H groups in total. The Morgan fingerprint density at radius 2 is 1.52 bits per heavy atom. The maximum Gasteiger partial charge on any atom is 0.262 e. The van der Waals surface area contributed by atoms with Gasteiger partial charge in [-0.25, -0.2) is 0 Å². The molecule has 0 heterocycles. The monoisotopic (exact) mass is 438 g/mol. The quantitative estimate of drug-likeness (QED) is 0.333. The van der Waals surface area contributed by atoms with E-state index in [-0.39, 0.29) is 0 Å². The van der Waals surface area contributed by atoms with Crippen molar-refractivity contribution in [2.24, 2.45) is 4.63 Å². The van der Waals surface area contributed by atoms with Crippen LogP contribution in [0.1, 0.15) is 61.8 Å². The average Bonchev–Trinajstić information content (AvgIpc) is 2.65. The van der Waals surface area contributed by atoms with Gasteiger partial charge in [0, 0.05) is 0 Å². The molecular formula is C24H31ClN2Si2. The summed E-state index contributed by atoms with van der Waals surface area (Å²) >= 11 is 6.91. The molecule has 2 nitrogen and oxygen atoms in total. The van der Waals surface area contributed by atoms with Crippen molar-refractivity contribution in [3.05, 3.63) is 70.4 Å². The van der Waals surface area contributed by atoms with E-state index in [4.69, 9.17) is 21.0 Å². The molecule has 0 unspecified atom stereocenters. The lowest BCUT2D eigenvalue weighted by atomic mass is 9.93. The molecule has 2 aromatic carbocycles. The van der Waals surface area contributed by atoms with Gasteiger partial charge in [0.1, 0.15) is 0 Å². The highest BCUT2D eigenvalue weighted by Gasteiger charge is 2.22. The second kappa shape index (κ2) is 9.80. The van der Waals surface area contributed by atoms with Crippen LogP contribution in [0.3, 0.4) is 0 Å². The Bertz CT molecular complexity index is 934. The van der Waals surface area contributed by atoms with Gasteiger partial charge in [0.05, 0.1) is 25.4 Å². The second-order valence-corrected chi connectivity index (χ2v) is 16.4. The normalized spacial score (nSPS) is 13.1. The number of nitrogens with zero attached hydrogens (tertiary/aromatic N) is 2. The molecule has 0 bridgehead atoms. The van der Waals surface area contributed by atoms with Crippen molar-refractivity contribution < 1.29 is 0 Å². The fourth-order valence-electron chi connectivity index (χ4n) is 3.36. The topological polar surface area (TPSA) is 36.1 Å². The first-order chi connectivity index (χ1) is 13.5. The van der Waals surface area contributed by atoms with E-state index in [1.165, 1.54) is 16.3 Å². The van der Waals surface area contributed by atoms with Gasteiger partial charge in [-0.1, -0.05) is 82.9 Å². The number of hydrogen-bond donors (Lipinski definition) is 0. The number of hydrogen-bond acceptors (Lipinski definition) is 2. The predicted octanol–water partition coefficient (Wildman–Crippen LogP) is 7.93. The summed E-state index contributed by atoms with van der Waals surface area (Å²) in [5, 5.41) is 10.4. The molecule has 152 valence electrons. The summed E-state index contributed by atoms with van der Waals surface area (Å²) in [5.74, 6) is 0.802.